The number of aromatic nitrogens is 4. The first-order valence-electron chi connectivity index (χ1n) is 17.6. The summed E-state index contributed by atoms with van der Waals surface area (Å²) in [5.74, 6) is 1.54. The van der Waals surface area contributed by atoms with Crippen LogP contribution in [0.2, 0.25) is 0 Å². The van der Waals surface area contributed by atoms with Crippen molar-refractivity contribution in [3.63, 3.8) is 0 Å². The number of hydrogen-bond acceptors (Lipinski definition) is 4. The van der Waals surface area contributed by atoms with Crippen LogP contribution in [0, 0.1) is 0 Å². The van der Waals surface area contributed by atoms with Gasteiger partial charge in [0.2, 0.25) is 0 Å². The van der Waals surface area contributed by atoms with Crippen molar-refractivity contribution in [1.82, 2.24) is 19.5 Å². The lowest BCUT2D eigenvalue weighted by atomic mass is 10.1. The van der Waals surface area contributed by atoms with Crippen molar-refractivity contribution in [2.75, 3.05) is 0 Å². The molecule has 0 radical (unpaired) electrons. The third kappa shape index (κ3) is 3.83. The van der Waals surface area contributed by atoms with Crippen LogP contribution in [-0.4, -0.2) is 19.5 Å². The van der Waals surface area contributed by atoms with Crippen molar-refractivity contribution in [3.05, 3.63) is 145 Å². The van der Waals surface area contributed by atoms with Gasteiger partial charge in [0.15, 0.2) is 23.1 Å². The molecule has 0 saturated heterocycles. The molecule has 0 saturated carbocycles. The second-order valence-electron chi connectivity index (χ2n) is 10.3. The van der Waals surface area contributed by atoms with E-state index in [-0.39, 0.29) is 52.0 Å². The Morgan fingerprint density at radius 1 is 0.500 bits per heavy atom. The summed E-state index contributed by atoms with van der Waals surface area (Å²) in [6.07, 6.45) is 0. The maximum atomic E-state index is 8.91. The van der Waals surface area contributed by atoms with Crippen LogP contribution in [0.25, 0.3) is 83.6 Å². The molecule has 0 bridgehead atoms. The Morgan fingerprint density at radius 2 is 1.14 bits per heavy atom. The van der Waals surface area contributed by atoms with Crippen LogP contribution in [0.1, 0.15) is 9.60 Å². The van der Waals surface area contributed by atoms with Gasteiger partial charge in [0.05, 0.1) is 26.3 Å². The van der Waals surface area contributed by atoms with Gasteiger partial charge in [0, 0.05) is 38.2 Å². The predicted octanol–water partition coefficient (Wildman–Crippen LogP) is 9.87. The van der Waals surface area contributed by atoms with Crippen LogP contribution in [0.5, 0.6) is 0 Å². The highest BCUT2D eigenvalue weighted by atomic mass is 16.3. The van der Waals surface area contributed by atoms with Gasteiger partial charge in [0.25, 0.3) is 0 Å². The third-order valence-electron chi connectivity index (χ3n) is 7.75. The molecule has 0 aliphatic rings. The molecule has 206 valence electrons. The van der Waals surface area contributed by atoms with Crippen molar-refractivity contribution in [2.45, 2.75) is 0 Å². The summed E-state index contributed by atoms with van der Waals surface area (Å²) in [6, 6.07) is 29.7. The Kier molecular flexibility index (Phi) is 4.09. The first-order valence-corrected chi connectivity index (χ1v) is 14.1. The van der Waals surface area contributed by atoms with Gasteiger partial charge in [-0.15, -0.1) is 0 Å². The first-order chi connectivity index (χ1) is 24.7. The summed E-state index contributed by atoms with van der Waals surface area (Å²) >= 11 is 0. The fourth-order valence-electron chi connectivity index (χ4n) is 5.74. The smallest absolute Gasteiger partial charge is 0.164 e. The van der Waals surface area contributed by atoms with Crippen molar-refractivity contribution < 1.29 is 14.0 Å². The van der Waals surface area contributed by atoms with Gasteiger partial charge in [-0.2, -0.15) is 0 Å². The number of rotatable bonds is 4. The molecule has 0 aliphatic heterocycles. The molecule has 0 unspecified atom stereocenters. The summed E-state index contributed by atoms with van der Waals surface area (Å²) in [4.78, 5) is 14.5. The molecule has 0 spiro atoms. The number of benzene rings is 6. The number of hydrogen-bond donors (Lipinski definition) is 0. The van der Waals surface area contributed by atoms with E-state index in [0.29, 0.717) is 34.3 Å². The zero-order valence-corrected chi connectivity index (χ0v) is 23.0. The highest BCUT2D eigenvalue weighted by molar-refractivity contribution is 6.13. The van der Waals surface area contributed by atoms with Gasteiger partial charge in [-0.05, 0) is 36.4 Å². The quantitative estimate of drug-likeness (QED) is 0.211. The Labute approximate surface area is 262 Å². The first kappa shape index (κ1) is 18.5. The van der Waals surface area contributed by atoms with E-state index in [2.05, 4.69) is 0 Å². The van der Waals surface area contributed by atoms with Crippen LogP contribution in [0.4, 0.5) is 0 Å². The zero-order valence-electron chi connectivity index (χ0n) is 30.0. The van der Waals surface area contributed by atoms with E-state index >= 15 is 0 Å². The van der Waals surface area contributed by atoms with Gasteiger partial charge in [-0.25, -0.2) is 15.0 Å². The Hall–Kier alpha value is -6.07. The van der Waals surface area contributed by atoms with Crippen LogP contribution >= 0.6 is 0 Å². The lowest BCUT2D eigenvalue weighted by Crippen LogP contribution is -2.00. The van der Waals surface area contributed by atoms with Gasteiger partial charge in [-0.3, -0.25) is 0 Å². The monoisotopic (exact) mass is 571 g/mol. The molecule has 9 aromatic rings. The normalized spacial score (nSPS) is 13.9. The summed E-state index contributed by atoms with van der Waals surface area (Å²) in [5, 5.41) is 1.67. The number of para-hydroxylation sites is 3. The van der Waals surface area contributed by atoms with Gasteiger partial charge in [-0.1, -0.05) is 109 Å². The molecule has 0 amide bonds. The van der Waals surface area contributed by atoms with E-state index in [1.165, 1.54) is 6.07 Å². The summed E-state index contributed by atoms with van der Waals surface area (Å²) < 4.78 is 68.5. The predicted molar refractivity (Wildman–Crippen MR) is 178 cm³/mol. The number of furan rings is 1. The minimum Gasteiger partial charge on any atom is -0.454 e. The van der Waals surface area contributed by atoms with Gasteiger partial charge in [0.1, 0.15) is 5.58 Å². The van der Waals surface area contributed by atoms with Crippen molar-refractivity contribution in [1.29, 1.82) is 0 Å². The SMILES string of the molecule is [2H]c1cc([2H])c2c(c1[2H])c1c([2H])c([2H])c([2H])c([2H])c1n2-c1cccc2c1oc1ccc(-c3nc(-c4ccccc4)nc(-c4ccccc4)n3)cc12. The average molecular weight is 572 g/mol. The van der Waals surface area contributed by atoms with E-state index in [9.17, 15) is 0 Å². The van der Waals surface area contributed by atoms with Crippen molar-refractivity contribution >= 4 is 43.7 Å². The Morgan fingerprint density at radius 3 is 1.86 bits per heavy atom. The Balaban J connectivity index is 1.31. The second-order valence-corrected chi connectivity index (χ2v) is 10.3. The van der Waals surface area contributed by atoms with E-state index in [1.807, 2.05) is 91.0 Å². The van der Waals surface area contributed by atoms with Crippen molar-refractivity contribution in [2.24, 2.45) is 0 Å². The van der Waals surface area contributed by atoms with Gasteiger partial charge < -0.3 is 8.98 Å². The summed E-state index contributed by atoms with van der Waals surface area (Å²) in [6.45, 7) is 0. The van der Waals surface area contributed by atoms with E-state index in [1.54, 1.807) is 10.6 Å². The van der Waals surface area contributed by atoms with E-state index in [4.69, 9.17) is 29.0 Å². The number of fused-ring (bicyclic) bond motifs is 6. The van der Waals surface area contributed by atoms with E-state index in [0.717, 1.165) is 27.5 Å². The van der Waals surface area contributed by atoms with Crippen LogP contribution < -0.4 is 0 Å². The second kappa shape index (κ2) is 9.75. The maximum absolute atomic E-state index is 8.91. The largest absolute Gasteiger partial charge is 0.454 e. The lowest BCUT2D eigenvalue weighted by molar-refractivity contribution is 0.666. The summed E-state index contributed by atoms with van der Waals surface area (Å²) in [5.41, 5.74) is 4.14. The molecule has 5 heteroatoms. The lowest BCUT2D eigenvalue weighted by Gasteiger charge is -2.08. The average Bonchev–Trinajstić information content (AvgIpc) is 3.73. The van der Waals surface area contributed by atoms with Crippen LogP contribution in [-0.2, 0) is 0 Å². The summed E-state index contributed by atoms with van der Waals surface area (Å²) in [7, 11) is 0. The fraction of sp³-hybridized carbons (Fsp3) is 0. The maximum Gasteiger partial charge on any atom is 0.164 e. The third-order valence-corrected chi connectivity index (χ3v) is 7.75. The standard InChI is InChI=1S/C39H24N4O/c1-3-12-25(13-4-1)37-40-38(26-14-5-2-6-15-26)42-39(41-37)27-22-23-35-31(24-27)30-18-11-21-34(36(30)44-35)43-32-19-9-7-16-28(32)29-17-8-10-20-33(29)43/h1-24H/i7D,8D,9D,16D,17D,19D,20D. The highest BCUT2D eigenvalue weighted by Crippen LogP contribution is 2.39. The molecule has 44 heavy (non-hydrogen) atoms. The number of nitrogens with zero attached hydrogens (tertiary/aromatic N) is 4. The minimum absolute atomic E-state index is 0.0808. The molecule has 0 N–H and O–H groups in total. The molecule has 0 aliphatic carbocycles. The molecule has 9 rings (SSSR count). The highest BCUT2D eigenvalue weighted by Gasteiger charge is 2.19. The Bertz CT molecular complexity index is 2830. The molecule has 3 aromatic heterocycles. The molecule has 3 heterocycles. The molecular weight excluding hydrogens is 540 g/mol. The molecule has 0 fully saturated rings. The molecule has 6 aromatic carbocycles. The minimum atomic E-state index is -0.452. The van der Waals surface area contributed by atoms with Crippen LogP contribution in [0.3, 0.4) is 0 Å². The zero-order chi connectivity index (χ0) is 35.1. The van der Waals surface area contributed by atoms with E-state index < -0.39 is 12.1 Å². The molecule has 5 nitrogen and oxygen atoms in total. The van der Waals surface area contributed by atoms with Gasteiger partial charge >= 0.3 is 0 Å². The molecule has 0 atom stereocenters. The fourth-order valence-corrected chi connectivity index (χ4v) is 5.74. The molecular formula is C39H24N4O. The van der Waals surface area contributed by atoms with Crippen molar-refractivity contribution in [3.8, 4) is 39.9 Å². The topological polar surface area (TPSA) is 56.7 Å². The van der Waals surface area contributed by atoms with Crippen LogP contribution in [0.15, 0.2) is 150 Å².